The van der Waals surface area contributed by atoms with E-state index in [0.717, 1.165) is 5.56 Å². The molecule has 216 valence electrons. The van der Waals surface area contributed by atoms with Crippen molar-refractivity contribution in [1.82, 2.24) is 15.1 Å². The number of hydrogen-bond acceptors (Lipinski definition) is 6. The van der Waals surface area contributed by atoms with Crippen LogP contribution >= 0.6 is 11.3 Å². The standard InChI is InChI=1S/C34H29FN4O3S/c35-26-14-12-25(13-15-26)33(41)39-30(24-5-2-1-3-6-24)29(32(40)27-7-4-20-43-27)28(23-10-8-22(21-36)9-11-23)31(39)34(42)38-18-16-37-17-19-38/h1-15,20,28-31,37H,16-19H2. The highest BCUT2D eigenvalue weighted by atomic mass is 32.1. The number of piperazine rings is 1. The summed E-state index contributed by atoms with van der Waals surface area (Å²) in [4.78, 5) is 47.5. The molecule has 3 aromatic carbocycles. The molecule has 3 heterocycles. The lowest BCUT2D eigenvalue weighted by molar-refractivity contribution is -0.136. The largest absolute Gasteiger partial charge is 0.338 e. The topological polar surface area (TPSA) is 93.5 Å². The predicted octanol–water partition coefficient (Wildman–Crippen LogP) is 5.04. The molecule has 1 N–H and O–H groups in total. The number of Topliss-reactive ketones (excluding diaryl/α,β-unsaturated/α-hetero) is 1. The summed E-state index contributed by atoms with van der Waals surface area (Å²) in [6.07, 6.45) is 0. The maximum atomic E-state index is 14.6. The number of hydrogen-bond donors (Lipinski definition) is 1. The fraction of sp³-hybridized carbons (Fsp3) is 0.235. The van der Waals surface area contributed by atoms with Crippen molar-refractivity contribution in [3.05, 3.63) is 129 Å². The molecule has 6 rings (SSSR count). The summed E-state index contributed by atoms with van der Waals surface area (Å²) in [5, 5.41) is 14.6. The fourth-order valence-electron chi connectivity index (χ4n) is 6.33. The molecule has 2 fully saturated rings. The predicted molar refractivity (Wildman–Crippen MR) is 161 cm³/mol. The van der Waals surface area contributed by atoms with E-state index in [1.54, 1.807) is 40.1 Å². The molecule has 0 aliphatic carbocycles. The molecule has 0 radical (unpaired) electrons. The first-order valence-electron chi connectivity index (χ1n) is 14.2. The van der Waals surface area contributed by atoms with E-state index in [2.05, 4.69) is 11.4 Å². The Labute approximate surface area is 253 Å². The van der Waals surface area contributed by atoms with Crippen LogP contribution in [0.5, 0.6) is 0 Å². The highest BCUT2D eigenvalue weighted by Gasteiger charge is 2.58. The van der Waals surface area contributed by atoms with Crippen LogP contribution in [0.4, 0.5) is 4.39 Å². The van der Waals surface area contributed by atoms with Crippen molar-refractivity contribution in [1.29, 1.82) is 5.26 Å². The molecule has 2 aliphatic rings. The van der Waals surface area contributed by atoms with Gasteiger partial charge in [-0.15, -0.1) is 11.3 Å². The minimum atomic E-state index is -1.03. The fourth-order valence-corrected chi connectivity index (χ4v) is 7.04. The molecular weight excluding hydrogens is 563 g/mol. The van der Waals surface area contributed by atoms with E-state index in [4.69, 9.17) is 0 Å². The molecular formula is C34H29FN4O3S. The van der Waals surface area contributed by atoms with Crippen LogP contribution in [0.25, 0.3) is 0 Å². The lowest BCUT2D eigenvalue weighted by atomic mass is 9.77. The molecule has 0 spiro atoms. The van der Waals surface area contributed by atoms with Gasteiger partial charge in [0.25, 0.3) is 5.91 Å². The molecule has 4 atom stereocenters. The second-order valence-electron chi connectivity index (χ2n) is 10.7. The number of benzene rings is 3. The molecule has 2 amide bonds. The third kappa shape index (κ3) is 5.47. The number of rotatable bonds is 6. The number of amides is 2. The van der Waals surface area contributed by atoms with E-state index in [1.165, 1.54) is 35.6 Å². The van der Waals surface area contributed by atoms with Gasteiger partial charge in [-0.1, -0.05) is 48.5 Å². The minimum Gasteiger partial charge on any atom is -0.338 e. The van der Waals surface area contributed by atoms with Crippen molar-refractivity contribution in [2.45, 2.75) is 18.0 Å². The highest BCUT2D eigenvalue weighted by molar-refractivity contribution is 7.12. The number of nitriles is 1. The molecule has 4 unspecified atom stereocenters. The van der Waals surface area contributed by atoms with Crippen LogP contribution in [0.2, 0.25) is 0 Å². The van der Waals surface area contributed by atoms with Crippen LogP contribution < -0.4 is 5.32 Å². The van der Waals surface area contributed by atoms with E-state index in [1.807, 2.05) is 41.8 Å². The van der Waals surface area contributed by atoms with Gasteiger partial charge in [0.2, 0.25) is 5.91 Å². The van der Waals surface area contributed by atoms with Crippen LogP contribution in [0.3, 0.4) is 0 Å². The third-order valence-corrected chi connectivity index (χ3v) is 9.19. The van der Waals surface area contributed by atoms with Gasteiger partial charge in [0.15, 0.2) is 5.78 Å². The molecule has 0 saturated carbocycles. The SMILES string of the molecule is N#Cc1ccc(C2C(C(=O)c3cccs3)C(c3ccccc3)N(C(=O)c3ccc(F)cc3)C2C(=O)N2CCNCC2)cc1. The third-order valence-electron chi connectivity index (χ3n) is 8.31. The van der Waals surface area contributed by atoms with Crippen molar-refractivity contribution in [3.63, 3.8) is 0 Å². The zero-order chi connectivity index (χ0) is 29.9. The van der Waals surface area contributed by atoms with Crippen LogP contribution in [-0.4, -0.2) is 59.6 Å². The average molecular weight is 593 g/mol. The number of halogens is 1. The first kappa shape index (κ1) is 28.5. The summed E-state index contributed by atoms with van der Waals surface area (Å²) in [7, 11) is 0. The van der Waals surface area contributed by atoms with Gasteiger partial charge in [0.05, 0.1) is 28.5 Å². The zero-order valence-corrected chi connectivity index (χ0v) is 24.0. The number of likely N-dealkylation sites (tertiary alicyclic amines) is 1. The Kier molecular flexibility index (Phi) is 8.14. The van der Waals surface area contributed by atoms with Crippen molar-refractivity contribution in [2.75, 3.05) is 26.2 Å². The summed E-state index contributed by atoms with van der Waals surface area (Å²) >= 11 is 1.32. The minimum absolute atomic E-state index is 0.161. The van der Waals surface area contributed by atoms with Crippen molar-refractivity contribution in [3.8, 4) is 6.07 Å². The first-order chi connectivity index (χ1) is 21.0. The maximum absolute atomic E-state index is 14.6. The molecule has 9 heteroatoms. The molecule has 7 nitrogen and oxygen atoms in total. The molecule has 2 aliphatic heterocycles. The second-order valence-corrected chi connectivity index (χ2v) is 11.7. The molecule has 4 aromatic rings. The number of carbonyl (C=O) groups excluding carboxylic acids is 3. The molecule has 2 saturated heterocycles. The number of ketones is 1. The lowest BCUT2D eigenvalue weighted by Crippen LogP contribution is -2.54. The van der Waals surface area contributed by atoms with Gasteiger partial charge in [-0.3, -0.25) is 14.4 Å². The van der Waals surface area contributed by atoms with Gasteiger partial charge in [-0.25, -0.2) is 4.39 Å². The Bertz CT molecular complexity index is 1650. The smallest absolute Gasteiger partial charge is 0.255 e. The lowest BCUT2D eigenvalue weighted by Gasteiger charge is -2.36. The number of nitrogens with zero attached hydrogens (tertiary/aromatic N) is 3. The van der Waals surface area contributed by atoms with Gasteiger partial charge >= 0.3 is 0 Å². The maximum Gasteiger partial charge on any atom is 0.255 e. The summed E-state index contributed by atoms with van der Waals surface area (Å²) in [5.41, 5.74) is 2.09. The molecule has 0 bridgehead atoms. The van der Waals surface area contributed by atoms with E-state index < -0.39 is 35.6 Å². The first-order valence-corrected chi connectivity index (χ1v) is 15.1. The summed E-state index contributed by atoms with van der Waals surface area (Å²) in [6, 6.07) is 25.4. The van der Waals surface area contributed by atoms with Crippen LogP contribution in [0, 0.1) is 23.1 Å². The van der Waals surface area contributed by atoms with E-state index in [9.17, 15) is 24.0 Å². The number of nitrogens with one attached hydrogen (secondary N) is 1. The van der Waals surface area contributed by atoms with E-state index >= 15 is 0 Å². The summed E-state index contributed by atoms with van der Waals surface area (Å²) in [5.74, 6) is -2.86. The molecule has 1 aromatic heterocycles. The Morgan fingerprint density at radius 2 is 1.56 bits per heavy atom. The van der Waals surface area contributed by atoms with Gasteiger partial charge in [0.1, 0.15) is 11.9 Å². The highest BCUT2D eigenvalue weighted by Crippen LogP contribution is 2.52. The van der Waals surface area contributed by atoms with Crippen molar-refractivity contribution < 1.29 is 18.8 Å². The normalized spacial score (nSPS) is 21.8. The van der Waals surface area contributed by atoms with Crippen LogP contribution in [-0.2, 0) is 4.79 Å². The summed E-state index contributed by atoms with van der Waals surface area (Å²) in [6.45, 7) is 2.16. The van der Waals surface area contributed by atoms with Crippen molar-refractivity contribution >= 4 is 28.9 Å². The van der Waals surface area contributed by atoms with E-state index in [-0.39, 0.29) is 17.3 Å². The van der Waals surface area contributed by atoms with Crippen LogP contribution in [0.1, 0.15) is 48.7 Å². The van der Waals surface area contributed by atoms with E-state index in [0.29, 0.717) is 42.2 Å². The van der Waals surface area contributed by atoms with Gasteiger partial charge in [-0.2, -0.15) is 5.26 Å². The Morgan fingerprint density at radius 1 is 0.860 bits per heavy atom. The number of thiophene rings is 1. The Hall–Kier alpha value is -4.65. The van der Waals surface area contributed by atoms with Gasteiger partial charge < -0.3 is 15.1 Å². The van der Waals surface area contributed by atoms with Gasteiger partial charge in [-0.05, 0) is 59.0 Å². The van der Waals surface area contributed by atoms with Crippen molar-refractivity contribution in [2.24, 2.45) is 5.92 Å². The monoisotopic (exact) mass is 592 g/mol. The quantitative estimate of drug-likeness (QED) is 0.317. The molecule has 43 heavy (non-hydrogen) atoms. The number of carbonyl (C=O) groups is 3. The average Bonchev–Trinajstić information content (AvgIpc) is 3.72. The Balaban J connectivity index is 1.60. The van der Waals surface area contributed by atoms with Gasteiger partial charge in [0, 0.05) is 37.7 Å². The van der Waals surface area contributed by atoms with Crippen LogP contribution in [0.15, 0.2) is 96.4 Å². The zero-order valence-electron chi connectivity index (χ0n) is 23.2. The Morgan fingerprint density at radius 3 is 2.19 bits per heavy atom. The second kappa shape index (κ2) is 12.3. The summed E-state index contributed by atoms with van der Waals surface area (Å²) < 4.78 is 13.9.